The maximum absolute atomic E-state index is 13.1. The van der Waals surface area contributed by atoms with Crippen molar-refractivity contribution >= 4 is 27.5 Å². The molecule has 0 bridgehead atoms. The Hall–Kier alpha value is -1.43. The largest absolute Gasteiger partial charge is 0.493 e. The number of carbonyl (C=O) groups is 1. The summed E-state index contributed by atoms with van der Waals surface area (Å²) in [6, 6.07) is 4.08. The molecule has 4 rings (SSSR count). The maximum Gasteiger partial charge on any atom is 0.256 e. The van der Waals surface area contributed by atoms with E-state index in [2.05, 4.69) is 26.1 Å². The molecule has 1 aromatic carbocycles. The van der Waals surface area contributed by atoms with E-state index in [1.807, 2.05) is 12.1 Å². The SMILES string of the molecule is COc1cc2c(cc1OCCCCCBr)NCC1CC3(CC3)CN1C2=O. The third-order valence-corrected chi connectivity index (χ3v) is 6.49. The first-order valence-electron chi connectivity index (χ1n) is 9.61. The molecule has 1 saturated carbocycles. The molecule has 6 heteroatoms. The Bertz CT molecular complexity index is 690. The topological polar surface area (TPSA) is 50.8 Å². The van der Waals surface area contributed by atoms with Crippen LogP contribution in [-0.4, -0.2) is 49.0 Å². The fraction of sp³-hybridized carbons (Fsp3) is 0.650. The molecular weight excluding hydrogens is 396 g/mol. The number of alkyl halides is 1. The summed E-state index contributed by atoms with van der Waals surface area (Å²) in [6.45, 7) is 2.39. The quantitative estimate of drug-likeness (QED) is 0.531. The van der Waals surface area contributed by atoms with Gasteiger partial charge in [-0.15, -0.1) is 0 Å². The number of hydrogen-bond acceptors (Lipinski definition) is 4. The third-order valence-electron chi connectivity index (χ3n) is 5.93. The minimum absolute atomic E-state index is 0.126. The van der Waals surface area contributed by atoms with Crippen molar-refractivity contribution in [3.05, 3.63) is 17.7 Å². The zero-order valence-electron chi connectivity index (χ0n) is 15.4. The molecule has 26 heavy (non-hydrogen) atoms. The van der Waals surface area contributed by atoms with Gasteiger partial charge in [-0.25, -0.2) is 0 Å². The fourth-order valence-corrected chi connectivity index (χ4v) is 4.61. The van der Waals surface area contributed by atoms with Gasteiger partial charge >= 0.3 is 0 Å². The molecule has 1 aromatic rings. The number of rotatable bonds is 7. The molecule has 0 aromatic heterocycles. The molecule has 1 saturated heterocycles. The monoisotopic (exact) mass is 422 g/mol. The van der Waals surface area contributed by atoms with Crippen molar-refractivity contribution < 1.29 is 14.3 Å². The van der Waals surface area contributed by atoms with Gasteiger partial charge in [0.15, 0.2) is 11.5 Å². The lowest BCUT2D eigenvalue weighted by Gasteiger charge is -2.21. The van der Waals surface area contributed by atoms with Gasteiger partial charge in [0.1, 0.15) is 0 Å². The van der Waals surface area contributed by atoms with Crippen LogP contribution in [0.2, 0.25) is 0 Å². The zero-order valence-corrected chi connectivity index (χ0v) is 16.9. The third kappa shape index (κ3) is 3.40. The number of methoxy groups -OCH3 is 1. The number of unbranched alkanes of at least 4 members (excludes halogenated alkanes) is 2. The fourth-order valence-electron chi connectivity index (χ4n) is 4.22. The minimum atomic E-state index is 0.126. The lowest BCUT2D eigenvalue weighted by atomic mass is 10.0. The number of ether oxygens (including phenoxy) is 2. The van der Waals surface area contributed by atoms with Gasteiger partial charge in [0, 0.05) is 30.5 Å². The van der Waals surface area contributed by atoms with E-state index in [9.17, 15) is 4.79 Å². The molecule has 1 unspecified atom stereocenters. The lowest BCUT2D eigenvalue weighted by molar-refractivity contribution is 0.0744. The first-order chi connectivity index (χ1) is 12.7. The van der Waals surface area contributed by atoms with Gasteiger partial charge in [0.25, 0.3) is 5.91 Å². The summed E-state index contributed by atoms with van der Waals surface area (Å²) >= 11 is 3.45. The van der Waals surface area contributed by atoms with E-state index >= 15 is 0 Å². The lowest BCUT2D eigenvalue weighted by Crippen LogP contribution is -2.37. The van der Waals surface area contributed by atoms with Crippen LogP contribution in [0.25, 0.3) is 0 Å². The van der Waals surface area contributed by atoms with Crippen molar-refractivity contribution in [1.29, 1.82) is 0 Å². The van der Waals surface area contributed by atoms with Gasteiger partial charge in [-0.2, -0.15) is 0 Å². The second-order valence-electron chi connectivity index (χ2n) is 7.82. The molecule has 1 aliphatic carbocycles. The summed E-state index contributed by atoms with van der Waals surface area (Å²) in [5.74, 6) is 1.48. The van der Waals surface area contributed by atoms with E-state index in [1.165, 1.54) is 12.8 Å². The molecule has 142 valence electrons. The number of fused-ring (bicyclic) bond motifs is 2. The summed E-state index contributed by atoms with van der Waals surface area (Å²) in [4.78, 5) is 15.2. The van der Waals surface area contributed by atoms with E-state index in [-0.39, 0.29) is 5.91 Å². The van der Waals surface area contributed by atoms with Crippen LogP contribution < -0.4 is 14.8 Å². The summed E-state index contributed by atoms with van der Waals surface area (Å²) in [5.41, 5.74) is 1.99. The van der Waals surface area contributed by atoms with Crippen molar-refractivity contribution in [3.8, 4) is 11.5 Å². The highest BCUT2D eigenvalue weighted by Crippen LogP contribution is 2.55. The summed E-state index contributed by atoms with van der Waals surface area (Å²) < 4.78 is 11.5. The van der Waals surface area contributed by atoms with Crippen LogP contribution in [0.4, 0.5) is 5.69 Å². The summed E-state index contributed by atoms with van der Waals surface area (Å²) in [7, 11) is 1.63. The molecule has 2 fully saturated rings. The average molecular weight is 423 g/mol. The highest BCUT2D eigenvalue weighted by molar-refractivity contribution is 9.09. The summed E-state index contributed by atoms with van der Waals surface area (Å²) in [6.07, 6.45) is 6.97. The van der Waals surface area contributed by atoms with Crippen LogP contribution >= 0.6 is 15.9 Å². The number of halogens is 1. The van der Waals surface area contributed by atoms with E-state index in [1.54, 1.807) is 7.11 Å². The van der Waals surface area contributed by atoms with Crippen LogP contribution in [0.3, 0.4) is 0 Å². The normalized spacial score (nSPS) is 22.5. The Balaban J connectivity index is 1.52. The Labute approximate surface area is 163 Å². The molecule has 2 aliphatic heterocycles. The average Bonchev–Trinajstić information content (AvgIpc) is 3.32. The van der Waals surface area contributed by atoms with E-state index < -0.39 is 0 Å². The van der Waals surface area contributed by atoms with Crippen LogP contribution in [-0.2, 0) is 0 Å². The van der Waals surface area contributed by atoms with E-state index in [0.717, 1.165) is 49.8 Å². The van der Waals surface area contributed by atoms with Gasteiger partial charge in [-0.1, -0.05) is 15.9 Å². The van der Waals surface area contributed by atoms with Gasteiger partial charge < -0.3 is 19.7 Å². The van der Waals surface area contributed by atoms with Crippen molar-refractivity contribution in [1.82, 2.24) is 4.90 Å². The number of hydrogen-bond donors (Lipinski definition) is 1. The molecule has 0 radical (unpaired) electrons. The number of benzene rings is 1. The van der Waals surface area contributed by atoms with Crippen molar-refractivity contribution in [3.63, 3.8) is 0 Å². The number of anilines is 1. The highest BCUT2D eigenvalue weighted by Gasteiger charge is 2.53. The van der Waals surface area contributed by atoms with Gasteiger partial charge in [0.05, 0.1) is 25.0 Å². The first-order valence-corrected chi connectivity index (χ1v) is 10.7. The Morgan fingerprint density at radius 1 is 1.27 bits per heavy atom. The predicted octanol–water partition coefficient (Wildman–Crippen LogP) is 4.06. The van der Waals surface area contributed by atoms with Gasteiger partial charge in [-0.05, 0) is 50.0 Å². The number of nitrogens with one attached hydrogen (secondary N) is 1. The standard InChI is InChI=1S/C20H27BrN2O3/c1-25-17-9-15-16(10-18(17)26-8-4-2-3-7-21)22-12-14-11-20(5-6-20)13-23(14)19(15)24/h9-10,14,22H,2-8,11-13H2,1H3. The van der Waals surface area contributed by atoms with Crippen LogP contribution in [0.15, 0.2) is 12.1 Å². The molecular formula is C20H27BrN2O3. The highest BCUT2D eigenvalue weighted by atomic mass is 79.9. The van der Waals surface area contributed by atoms with Gasteiger partial charge in [0.2, 0.25) is 0 Å². The summed E-state index contributed by atoms with van der Waals surface area (Å²) in [5, 5.41) is 4.52. The smallest absolute Gasteiger partial charge is 0.256 e. The Morgan fingerprint density at radius 3 is 2.85 bits per heavy atom. The molecule has 1 spiro atoms. The Kier molecular flexibility index (Phi) is 5.04. The van der Waals surface area contributed by atoms with Gasteiger partial charge in [-0.3, -0.25) is 4.79 Å². The zero-order chi connectivity index (χ0) is 18.1. The van der Waals surface area contributed by atoms with Crippen LogP contribution in [0, 0.1) is 5.41 Å². The minimum Gasteiger partial charge on any atom is -0.493 e. The second-order valence-corrected chi connectivity index (χ2v) is 8.61. The van der Waals surface area contributed by atoms with Crippen molar-refractivity contribution in [2.75, 3.05) is 37.5 Å². The molecule has 1 atom stereocenters. The predicted molar refractivity (Wildman–Crippen MR) is 106 cm³/mol. The second kappa shape index (κ2) is 7.29. The van der Waals surface area contributed by atoms with E-state index in [4.69, 9.17) is 9.47 Å². The maximum atomic E-state index is 13.1. The number of amides is 1. The van der Waals surface area contributed by atoms with Crippen LogP contribution in [0.1, 0.15) is 48.9 Å². The molecule has 3 aliphatic rings. The van der Waals surface area contributed by atoms with E-state index in [0.29, 0.717) is 35.1 Å². The molecule has 1 N–H and O–H groups in total. The molecule has 2 heterocycles. The first kappa shape index (κ1) is 18.0. The Morgan fingerprint density at radius 2 is 2.12 bits per heavy atom. The molecule has 5 nitrogen and oxygen atoms in total. The number of carbonyl (C=O) groups excluding carboxylic acids is 1. The molecule has 1 amide bonds. The van der Waals surface area contributed by atoms with Crippen molar-refractivity contribution in [2.24, 2.45) is 5.41 Å². The van der Waals surface area contributed by atoms with Crippen LogP contribution in [0.5, 0.6) is 11.5 Å². The number of nitrogens with zero attached hydrogens (tertiary/aromatic N) is 1. The van der Waals surface area contributed by atoms with Crippen molar-refractivity contribution in [2.45, 2.75) is 44.6 Å².